The molecule has 35 heavy (non-hydrogen) atoms. The van der Waals surface area contributed by atoms with E-state index < -0.39 is 24.7 Å². The van der Waals surface area contributed by atoms with E-state index in [9.17, 15) is 22.8 Å². The number of rotatable bonds is 8. The lowest BCUT2D eigenvalue weighted by molar-refractivity contribution is -0.154. The zero-order valence-corrected chi connectivity index (χ0v) is 20.0. The molecule has 0 bridgehead atoms. The van der Waals surface area contributed by atoms with Crippen LogP contribution in [-0.2, 0) is 4.79 Å². The molecule has 3 rings (SSSR count). The van der Waals surface area contributed by atoms with Gasteiger partial charge in [-0.3, -0.25) is 9.59 Å². The molecule has 1 saturated heterocycles. The highest BCUT2D eigenvalue weighted by atomic mass is 19.4. The van der Waals surface area contributed by atoms with Crippen LogP contribution in [0.1, 0.15) is 62.0 Å². The summed E-state index contributed by atoms with van der Waals surface area (Å²) in [6.07, 6.45) is -0.113. The van der Waals surface area contributed by atoms with E-state index >= 15 is 0 Å². The summed E-state index contributed by atoms with van der Waals surface area (Å²) >= 11 is 0. The van der Waals surface area contributed by atoms with Crippen molar-refractivity contribution in [3.63, 3.8) is 0 Å². The topological polar surface area (TPSA) is 96.5 Å². The third kappa shape index (κ3) is 7.56. The SMILES string of the molecule is CC(C)C(=O)Nc1cc(C(C)NC(=O)c2ccc(OCC(F)(F)F)nc2N2CCCCC2)ccn1. The Morgan fingerprint density at radius 2 is 1.83 bits per heavy atom. The van der Waals surface area contributed by atoms with Crippen molar-refractivity contribution in [1.82, 2.24) is 15.3 Å². The van der Waals surface area contributed by atoms with Crippen molar-refractivity contribution in [3.8, 4) is 5.88 Å². The predicted molar refractivity (Wildman–Crippen MR) is 125 cm³/mol. The van der Waals surface area contributed by atoms with E-state index in [1.165, 1.54) is 12.1 Å². The average molecular weight is 494 g/mol. The molecule has 2 amide bonds. The number of amides is 2. The van der Waals surface area contributed by atoms with Crippen LogP contribution in [0.4, 0.5) is 24.8 Å². The van der Waals surface area contributed by atoms with Crippen LogP contribution in [0, 0.1) is 5.92 Å². The molecule has 1 aliphatic heterocycles. The van der Waals surface area contributed by atoms with E-state index in [1.807, 2.05) is 4.90 Å². The van der Waals surface area contributed by atoms with Gasteiger partial charge < -0.3 is 20.3 Å². The number of ether oxygens (including phenoxy) is 1. The molecule has 8 nitrogen and oxygen atoms in total. The number of anilines is 2. The second kappa shape index (κ2) is 11.4. The molecule has 2 N–H and O–H groups in total. The number of halogens is 3. The van der Waals surface area contributed by atoms with Gasteiger partial charge in [0.1, 0.15) is 11.6 Å². The Bertz CT molecular complexity index is 1040. The van der Waals surface area contributed by atoms with Crippen LogP contribution < -0.4 is 20.3 Å². The van der Waals surface area contributed by atoms with Crippen molar-refractivity contribution in [2.75, 3.05) is 29.9 Å². The minimum Gasteiger partial charge on any atom is -0.468 e. The normalized spacial score (nSPS) is 15.0. The summed E-state index contributed by atoms with van der Waals surface area (Å²) in [5, 5.41) is 5.63. The fourth-order valence-corrected chi connectivity index (χ4v) is 3.60. The number of hydrogen-bond acceptors (Lipinski definition) is 6. The first-order chi connectivity index (χ1) is 16.5. The molecule has 0 radical (unpaired) electrons. The molecule has 2 aromatic rings. The van der Waals surface area contributed by atoms with Gasteiger partial charge in [0.05, 0.1) is 11.6 Å². The lowest BCUT2D eigenvalue weighted by Gasteiger charge is -2.29. The van der Waals surface area contributed by atoms with Crippen LogP contribution in [-0.4, -0.2) is 47.7 Å². The van der Waals surface area contributed by atoms with Gasteiger partial charge in [0.15, 0.2) is 6.61 Å². The first-order valence-electron chi connectivity index (χ1n) is 11.6. The van der Waals surface area contributed by atoms with E-state index in [1.54, 1.807) is 39.1 Å². The molecule has 0 aliphatic carbocycles. The molecular formula is C24H30F3N5O3. The van der Waals surface area contributed by atoms with Gasteiger partial charge >= 0.3 is 6.18 Å². The molecule has 1 unspecified atom stereocenters. The van der Waals surface area contributed by atoms with Crippen molar-refractivity contribution >= 4 is 23.5 Å². The lowest BCUT2D eigenvalue weighted by Crippen LogP contribution is -2.34. The molecular weight excluding hydrogens is 463 g/mol. The van der Waals surface area contributed by atoms with E-state index in [2.05, 4.69) is 20.6 Å². The zero-order chi connectivity index (χ0) is 25.6. The van der Waals surface area contributed by atoms with Crippen molar-refractivity contribution in [2.45, 2.75) is 52.3 Å². The van der Waals surface area contributed by atoms with Gasteiger partial charge in [0.2, 0.25) is 11.8 Å². The number of hydrogen-bond donors (Lipinski definition) is 2. The Hall–Kier alpha value is -3.37. The summed E-state index contributed by atoms with van der Waals surface area (Å²) in [5.41, 5.74) is 0.977. The van der Waals surface area contributed by atoms with Crippen LogP contribution in [0.25, 0.3) is 0 Å². The monoisotopic (exact) mass is 493 g/mol. The van der Waals surface area contributed by atoms with Crippen molar-refractivity contribution < 1.29 is 27.5 Å². The Kier molecular flexibility index (Phi) is 8.52. The molecule has 2 aromatic heterocycles. The van der Waals surface area contributed by atoms with E-state index in [0.717, 1.165) is 24.8 Å². The van der Waals surface area contributed by atoms with E-state index in [4.69, 9.17) is 4.74 Å². The third-order valence-corrected chi connectivity index (χ3v) is 5.54. The van der Waals surface area contributed by atoms with Gasteiger partial charge in [-0.05, 0) is 49.9 Å². The maximum Gasteiger partial charge on any atom is 0.422 e. The molecule has 0 aromatic carbocycles. The summed E-state index contributed by atoms with van der Waals surface area (Å²) in [5.74, 6) is -0.305. The Morgan fingerprint density at radius 1 is 1.11 bits per heavy atom. The molecule has 190 valence electrons. The van der Waals surface area contributed by atoms with E-state index in [-0.39, 0.29) is 23.3 Å². The van der Waals surface area contributed by atoms with Gasteiger partial charge in [-0.2, -0.15) is 18.2 Å². The standard InChI is InChI=1S/C24H30F3N5O3/c1-15(2)22(33)30-19-13-17(9-10-28-19)16(3)29-23(34)18-7-8-20(35-14-24(25,26)27)31-21(18)32-11-5-4-6-12-32/h7-10,13,15-16H,4-6,11-12,14H2,1-3H3,(H,29,34)(H,28,30,33). The Morgan fingerprint density at radius 3 is 2.49 bits per heavy atom. The molecule has 0 spiro atoms. The molecule has 0 saturated carbocycles. The third-order valence-electron chi connectivity index (χ3n) is 5.54. The summed E-state index contributed by atoms with van der Waals surface area (Å²) < 4.78 is 42.6. The van der Waals surface area contributed by atoms with Crippen LogP contribution in [0.2, 0.25) is 0 Å². The zero-order valence-electron chi connectivity index (χ0n) is 20.0. The van der Waals surface area contributed by atoms with Gasteiger partial charge in [-0.25, -0.2) is 4.98 Å². The second-order valence-corrected chi connectivity index (χ2v) is 8.79. The number of pyridine rings is 2. The largest absolute Gasteiger partial charge is 0.468 e. The smallest absolute Gasteiger partial charge is 0.422 e. The summed E-state index contributed by atoms with van der Waals surface area (Å²) in [7, 11) is 0. The molecule has 11 heteroatoms. The number of alkyl halides is 3. The van der Waals surface area contributed by atoms with Crippen molar-refractivity contribution in [2.24, 2.45) is 5.92 Å². The van der Waals surface area contributed by atoms with Crippen LogP contribution in [0.15, 0.2) is 30.5 Å². The number of nitrogens with one attached hydrogen (secondary N) is 2. The minimum atomic E-state index is -4.49. The minimum absolute atomic E-state index is 0.170. The fraction of sp³-hybridized carbons (Fsp3) is 0.500. The van der Waals surface area contributed by atoms with Crippen LogP contribution in [0.5, 0.6) is 5.88 Å². The number of carbonyl (C=O) groups excluding carboxylic acids is 2. The highest BCUT2D eigenvalue weighted by molar-refractivity contribution is 5.99. The maximum atomic E-state index is 13.2. The number of carbonyl (C=O) groups is 2. The number of piperidine rings is 1. The van der Waals surface area contributed by atoms with Crippen molar-refractivity contribution in [1.29, 1.82) is 0 Å². The first kappa shape index (κ1) is 26.2. The van der Waals surface area contributed by atoms with Gasteiger partial charge in [-0.15, -0.1) is 0 Å². The van der Waals surface area contributed by atoms with Gasteiger partial charge in [0, 0.05) is 31.3 Å². The van der Waals surface area contributed by atoms with E-state index in [0.29, 0.717) is 24.7 Å². The Balaban J connectivity index is 1.79. The second-order valence-electron chi connectivity index (χ2n) is 8.79. The molecule has 1 aliphatic rings. The maximum absolute atomic E-state index is 13.2. The Labute approximate surface area is 202 Å². The molecule has 1 atom stereocenters. The predicted octanol–water partition coefficient (Wildman–Crippen LogP) is 4.49. The lowest BCUT2D eigenvalue weighted by atomic mass is 10.1. The first-order valence-corrected chi connectivity index (χ1v) is 11.6. The highest BCUT2D eigenvalue weighted by Crippen LogP contribution is 2.27. The van der Waals surface area contributed by atoms with Crippen LogP contribution >= 0.6 is 0 Å². The van der Waals surface area contributed by atoms with Crippen molar-refractivity contribution in [3.05, 3.63) is 41.6 Å². The average Bonchev–Trinajstić information content (AvgIpc) is 2.82. The van der Waals surface area contributed by atoms with Gasteiger partial charge in [0.25, 0.3) is 5.91 Å². The number of aromatic nitrogens is 2. The molecule has 3 heterocycles. The van der Waals surface area contributed by atoms with Crippen LogP contribution in [0.3, 0.4) is 0 Å². The summed E-state index contributed by atoms with van der Waals surface area (Å²) in [6.45, 7) is 5.17. The quantitative estimate of drug-likeness (QED) is 0.563. The number of nitrogens with zero attached hydrogens (tertiary/aromatic N) is 3. The summed E-state index contributed by atoms with van der Waals surface area (Å²) in [4.78, 5) is 35.4. The fourth-order valence-electron chi connectivity index (χ4n) is 3.60. The summed E-state index contributed by atoms with van der Waals surface area (Å²) in [6, 6.07) is 5.68. The molecule has 1 fully saturated rings. The highest BCUT2D eigenvalue weighted by Gasteiger charge is 2.29. The van der Waals surface area contributed by atoms with Gasteiger partial charge in [-0.1, -0.05) is 13.8 Å².